The summed E-state index contributed by atoms with van der Waals surface area (Å²) in [6, 6.07) is 11.9. The SMILES string of the molecule is N#Cc1c(CCCNC(=O)C2CCCC3CNNC32)nn(-c2ccccc2)c1N. The van der Waals surface area contributed by atoms with Crippen molar-refractivity contribution in [1.29, 1.82) is 5.26 Å². The molecule has 1 aliphatic carbocycles. The Balaban J connectivity index is 1.34. The molecule has 4 rings (SSSR count). The standard InChI is InChI=1S/C21H27N7O/c22-12-17-18(27-28(20(17)23)15-7-2-1-3-8-15)10-5-11-24-21(29)16-9-4-6-14-13-25-26-19(14)16/h1-3,7-8,14,16,19,25-26H,4-6,9-11,13,23H2,(H,24,29). The number of amides is 1. The zero-order chi connectivity index (χ0) is 20.2. The number of carbonyl (C=O) groups is 1. The molecule has 152 valence electrons. The number of benzene rings is 1. The molecule has 3 unspecified atom stereocenters. The molecule has 0 spiro atoms. The molecule has 2 aliphatic rings. The largest absolute Gasteiger partial charge is 0.382 e. The normalized spacial score (nSPS) is 23.3. The maximum atomic E-state index is 12.6. The van der Waals surface area contributed by atoms with Crippen molar-refractivity contribution in [3.8, 4) is 11.8 Å². The highest BCUT2D eigenvalue weighted by Crippen LogP contribution is 2.31. The molecule has 1 aromatic carbocycles. The van der Waals surface area contributed by atoms with E-state index in [4.69, 9.17) is 5.73 Å². The van der Waals surface area contributed by atoms with Gasteiger partial charge in [0.05, 0.1) is 17.3 Å². The van der Waals surface area contributed by atoms with Crippen LogP contribution in [0.3, 0.4) is 0 Å². The Bertz CT molecular complexity index is 902. The zero-order valence-electron chi connectivity index (χ0n) is 16.4. The van der Waals surface area contributed by atoms with E-state index in [1.165, 1.54) is 6.42 Å². The lowest BCUT2D eigenvalue weighted by molar-refractivity contribution is -0.127. The first kappa shape index (κ1) is 19.4. The Hall–Kier alpha value is -2.89. The molecule has 0 radical (unpaired) electrons. The molecule has 0 bridgehead atoms. The highest BCUT2D eigenvalue weighted by Gasteiger charge is 2.39. The number of carbonyl (C=O) groups excluding carboxylic acids is 1. The number of nitrogens with one attached hydrogen (secondary N) is 3. The van der Waals surface area contributed by atoms with Crippen molar-refractivity contribution < 1.29 is 4.79 Å². The van der Waals surface area contributed by atoms with Crippen LogP contribution in [0.1, 0.15) is 36.9 Å². The molecule has 2 heterocycles. The number of aryl methyl sites for hydroxylation is 1. The lowest BCUT2D eigenvalue weighted by atomic mass is 9.77. The number of nitrogens with zero attached hydrogens (tertiary/aromatic N) is 3. The molecule has 8 heteroatoms. The fourth-order valence-electron chi connectivity index (χ4n) is 4.48. The van der Waals surface area contributed by atoms with Gasteiger partial charge in [-0.25, -0.2) is 4.68 Å². The number of hydrogen-bond donors (Lipinski definition) is 4. The van der Waals surface area contributed by atoms with E-state index in [9.17, 15) is 10.1 Å². The first-order chi connectivity index (χ1) is 14.2. The van der Waals surface area contributed by atoms with Crippen LogP contribution in [0.5, 0.6) is 0 Å². The minimum absolute atomic E-state index is 0.0198. The fraction of sp³-hybridized carbons (Fsp3) is 0.476. The van der Waals surface area contributed by atoms with Crippen molar-refractivity contribution in [2.45, 2.75) is 38.1 Å². The summed E-state index contributed by atoms with van der Waals surface area (Å²) in [4.78, 5) is 12.6. The lowest BCUT2D eigenvalue weighted by Gasteiger charge is -2.31. The van der Waals surface area contributed by atoms with Crippen molar-refractivity contribution in [2.75, 3.05) is 18.8 Å². The number of nitrogens with two attached hydrogens (primary N) is 1. The van der Waals surface area contributed by atoms with E-state index in [1.54, 1.807) is 4.68 Å². The molecule has 1 amide bonds. The molecule has 1 aliphatic heterocycles. The summed E-state index contributed by atoms with van der Waals surface area (Å²) in [5.41, 5.74) is 14.5. The second kappa shape index (κ2) is 8.64. The third-order valence-electron chi connectivity index (χ3n) is 6.00. The summed E-state index contributed by atoms with van der Waals surface area (Å²) in [7, 11) is 0. The lowest BCUT2D eigenvalue weighted by Crippen LogP contribution is -2.48. The number of nitriles is 1. The minimum atomic E-state index is 0.0198. The van der Waals surface area contributed by atoms with E-state index < -0.39 is 0 Å². The summed E-state index contributed by atoms with van der Waals surface area (Å²) in [6.45, 7) is 1.50. The highest BCUT2D eigenvalue weighted by atomic mass is 16.1. The predicted octanol–water partition coefficient (Wildman–Crippen LogP) is 1.27. The van der Waals surface area contributed by atoms with E-state index in [0.29, 0.717) is 42.4 Å². The van der Waals surface area contributed by atoms with Gasteiger partial charge in [0.15, 0.2) is 0 Å². The maximum absolute atomic E-state index is 12.6. The van der Waals surface area contributed by atoms with Gasteiger partial charge in [0.25, 0.3) is 0 Å². The van der Waals surface area contributed by atoms with Crippen LogP contribution in [0.4, 0.5) is 5.82 Å². The quantitative estimate of drug-likeness (QED) is 0.549. The van der Waals surface area contributed by atoms with Crippen molar-refractivity contribution in [3.63, 3.8) is 0 Å². The zero-order valence-corrected chi connectivity index (χ0v) is 16.4. The van der Waals surface area contributed by atoms with Gasteiger partial charge in [-0.2, -0.15) is 10.4 Å². The molecule has 3 atom stereocenters. The van der Waals surface area contributed by atoms with Gasteiger partial charge in [0.2, 0.25) is 5.91 Å². The van der Waals surface area contributed by atoms with Crippen molar-refractivity contribution in [3.05, 3.63) is 41.6 Å². The molecule has 2 fully saturated rings. The average molecular weight is 393 g/mol. The fourth-order valence-corrected chi connectivity index (χ4v) is 4.48. The van der Waals surface area contributed by atoms with Crippen LogP contribution in [0, 0.1) is 23.2 Å². The molecule has 29 heavy (non-hydrogen) atoms. The van der Waals surface area contributed by atoms with Gasteiger partial charge in [-0.05, 0) is 43.7 Å². The summed E-state index contributed by atoms with van der Waals surface area (Å²) in [6.07, 6.45) is 4.50. The van der Waals surface area contributed by atoms with Crippen molar-refractivity contribution in [2.24, 2.45) is 11.8 Å². The highest BCUT2D eigenvalue weighted by molar-refractivity contribution is 5.79. The number of hydrazine groups is 1. The van der Waals surface area contributed by atoms with Gasteiger partial charge in [-0.3, -0.25) is 15.6 Å². The van der Waals surface area contributed by atoms with E-state index >= 15 is 0 Å². The smallest absolute Gasteiger partial charge is 0.224 e. The molecule has 8 nitrogen and oxygen atoms in total. The van der Waals surface area contributed by atoms with Crippen LogP contribution in [-0.2, 0) is 11.2 Å². The van der Waals surface area contributed by atoms with Crippen LogP contribution in [0.15, 0.2) is 30.3 Å². The number of para-hydroxylation sites is 1. The topological polar surface area (TPSA) is 121 Å². The maximum Gasteiger partial charge on any atom is 0.224 e. The number of fused-ring (bicyclic) bond motifs is 1. The first-order valence-corrected chi connectivity index (χ1v) is 10.3. The van der Waals surface area contributed by atoms with Crippen LogP contribution < -0.4 is 21.9 Å². The van der Waals surface area contributed by atoms with Crippen LogP contribution in [0.2, 0.25) is 0 Å². The van der Waals surface area contributed by atoms with Gasteiger partial charge in [-0.15, -0.1) is 0 Å². The van der Waals surface area contributed by atoms with Crippen LogP contribution in [0.25, 0.3) is 5.69 Å². The third-order valence-corrected chi connectivity index (χ3v) is 6.00. The number of rotatable bonds is 6. The Morgan fingerprint density at radius 3 is 2.97 bits per heavy atom. The Morgan fingerprint density at radius 2 is 2.17 bits per heavy atom. The molecular weight excluding hydrogens is 366 g/mol. The summed E-state index contributed by atoms with van der Waals surface area (Å²) in [5, 5.41) is 17.1. The van der Waals surface area contributed by atoms with Crippen LogP contribution in [-0.4, -0.2) is 34.8 Å². The molecular formula is C21H27N7O. The summed E-state index contributed by atoms with van der Waals surface area (Å²) < 4.78 is 1.60. The molecule has 5 N–H and O–H groups in total. The van der Waals surface area contributed by atoms with E-state index in [-0.39, 0.29) is 17.9 Å². The minimum Gasteiger partial charge on any atom is -0.382 e. The molecule has 1 saturated carbocycles. The summed E-state index contributed by atoms with van der Waals surface area (Å²) in [5.74, 6) is 1.03. The third kappa shape index (κ3) is 3.97. The Kier molecular flexibility index (Phi) is 5.79. The van der Waals surface area contributed by atoms with Crippen LogP contribution >= 0.6 is 0 Å². The first-order valence-electron chi connectivity index (χ1n) is 10.3. The van der Waals surface area contributed by atoms with E-state index in [1.807, 2.05) is 30.3 Å². The predicted molar refractivity (Wildman–Crippen MR) is 110 cm³/mol. The Labute approximate surface area is 170 Å². The second-order valence-corrected chi connectivity index (χ2v) is 7.81. The van der Waals surface area contributed by atoms with Crippen molar-refractivity contribution in [1.82, 2.24) is 25.9 Å². The van der Waals surface area contributed by atoms with Gasteiger partial charge in [0.1, 0.15) is 17.5 Å². The number of hydrogen-bond acceptors (Lipinski definition) is 6. The van der Waals surface area contributed by atoms with E-state index in [2.05, 4.69) is 27.3 Å². The second-order valence-electron chi connectivity index (χ2n) is 7.81. The number of aromatic nitrogens is 2. The number of nitrogen functional groups attached to an aromatic ring is 1. The van der Waals surface area contributed by atoms with Gasteiger partial charge >= 0.3 is 0 Å². The van der Waals surface area contributed by atoms with Gasteiger partial charge < -0.3 is 11.1 Å². The Morgan fingerprint density at radius 1 is 1.34 bits per heavy atom. The molecule has 1 aromatic heterocycles. The molecule has 2 aromatic rings. The van der Waals surface area contributed by atoms with Gasteiger partial charge in [-0.1, -0.05) is 24.6 Å². The average Bonchev–Trinajstić information content (AvgIpc) is 3.35. The molecule has 1 saturated heterocycles. The summed E-state index contributed by atoms with van der Waals surface area (Å²) >= 11 is 0. The monoisotopic (exact) mass is 393 g/mol. The van der Waals surface area contributed by atoms with Crippen molar-refractivity contribution >= 4 is 11.7 Å². The van der Waals surface area contributed by atoms with E-state index in [0.717, 1.165) is 25.1 Å². The van der Waals surface area contributed by atoms with Gasteiger partial charge in [0, 0.05) is 19.1 Å². The number of anilines is 1.